The number of hydrogen-bond acceptors (Lipinski definition) is 5. The molecule has 2 aromatic carbocycles. The standard InChI is InChI=1S/C22H21BN2O4S/c1-14-7-9-17-19(11-14)24-22(15-5-3-2-4-6-15)21(17)18(13-25(28)29)20-10-8-16(30-20)12-23(26)27/h2-11,18,24,26-27H,12-13H2,1H3. The topological polar surface area (TPSA) is 99.4 Å². The predicted molar refractivity (Wildman–Crippen MR) is 120 cm³/mol. The Morgan fingerprint density at radius 1 is 1.13 bits per heavy atom. The van der Waals surface area contributed by atoms with Gasteiger partial charge in [-0.15, -0.1) is 11.3 Å². The van der Waals surface area contributed by atoms with Gasteiger partial charge < -0.3 is 15.0 Å². The summed E-state index contributed by atoms with van der Waals surface area (Å²) >= 11 is 1.39. The number of aryl methyl sites for hydroxylation is 1. The highest BCUT2D eigenvalue weighted by atomic mass is 32.1. The molecular weight excluding hydrogens is 399 g/mol. The molecule has 0 aliphatic heterocycles. The fourth-order valence-electron chi connectivity index (χ4n) is 3.87. The van der Waals surface area contributed by atoms with Crippen molar-refractivity contribution < 1.29 is 15.0 Å². The molecule has 0 bridgehead atoms. The Balaban J connectivity index is 1.92. The third-order valence-corrected chi connectivity index (χ3v) is 6.37. The lowest BCUT2D eigenvalue weighted by Gasteiger charge is -2.14. The maximum Gasteiger partial charge on any atom is 0.456 e. The van der Waals surface area contributed by atoms with E-state index in [1.54, 1.807) is 0 Å². The predicted octanol–water partition coefficient (Wildman–Crippen LogP) is 4.17. The lowest BCUT2D eigenvalue weighted by molar-refractivity contribution is -0.481. The van der Waals surface area contributed by atoms with Crippen LogP contribution in [0.3, 0.4) is 0 Å². The van der Waals surface area contributed by atoms with Gasteiger partial charge in [0.05, 0.1) is 11.6 Å². The van der Waals surface area contributed by atoms with Crippen LogP contribution in [0.2, 0.25) is 0 Å². The lowest BCUT2D eigenvalue weighted by Crippen LogP contribution is -2.14. The summed E-state index contributed by atoms with van der Waals surface area (Å²) in [7, 11) is -1.44. The Labute approximate surface area is 178 Å². The zero-order valence-corrected chi connectivity index (χ0v) is 17.2. The van der Waals surface area contributed by atoms with Crippen molar-refractivity contribution in [1.29, 1.82) is 0 Å². The van der Waals surface area contributed by atoms with Crippen molar-refractivity contribution in [3.8, 4) is 11.3 Å². The molecule has 0 radical (unpaired) electrons. The van der Waals surface area contributed by atoms with E-state index < -0.39 is 13.0 Å². The average Bonchev–Trinajstić information content (AvgIpc) is 3.30. The van der Waals surface area contributed by atoms with Crippen molar-refractivity contribution in [3.05, 3.63) is 91.7 Å². The van der Waals surface area contributed by atoms with E-state index in [9.17, 15) is 20.2 Å². The van der Waals surface area contributed by atoms with E-state index in [1.165, 1.54) is 11.3 Å². The highest BCUT2D eigenvalue weighted by molar-refractivity contribution is 7.12. The van der Waals surface area contributed by atoms with E-state index in [-0.39, 0.29) is 17.8 Å². The Hall–Kier alpha value is -2.94. The summed E-state index contributed by atoms with van der Waals surface area (Å²) in [5.74, 6) is -0.457. The number of hydrogen-bond donors (Lipinski definition) is 3. The van der Waals surface area contributed by atoms with Crippen LogP contribution in [0.25, 0.3) is 22.2 Å². The van der Waals surface area contributed by atoms with E-state index in [0.717, 1.165) is 43.0 Å². The minimum absolute atomic E-state index is 0.106. The van der Waals surface area contributed by atoms with E-state index in [0.29, 0.717) is 0 Å². The molecule has 30 heavy (non-hydrogen) atoms. The summed E-state index contributed by atoms with van der Waals surface area (Å²) in [5.41, 5.74) is 4.79. The number of thiophene rings is 1. The first-order chi connectivity index (χ1) is 14.4. The molecule has 0 fully saturated rings. The second-order valence-electron chi connectivity index (χ2n) is 7.39. The molecule has 0 saturated carbocycles. The molecule has 1 unspecified atom stereocenters. The average molecular weight is 420 g/mol. The third-order valence-electron chi connectivity index (χ3n) is 5.15. The van der Waals surface area contributed by atoms with Gasteiger partial charge in [-0.3, -0.25) is 10.1 Å². The smallest absolute Gasteiger partial charge is 0.427 e. The van der Waals surface area contributed by atoms with Crippen LogP contribution >= 0.6 is 11.3 Å². The summed E-state index contributed by atoms with van der Waals surface area (Å²) in [6, 6.07) is 19.6. The van der Waals surface area contributed by atoms with Crippen molar-refractivity contribution >= 4 is 29.4 Å². The van der Waals surface area contributed by atoms with Crippen LogP contribution in [0.5, 0.6) is 0 Å². The maximum atomic E-state index is 11.6. The minimum Gasteiger partial charge on any atom is -0.427 e. The molecule has 0 aliphatic rings. The number of nitrogens with zero attached hydrogens (tertiary/aromatic N) is 1. The van der Waals surface area contributed by atoms with Gasteiger partial charge in [-0.25, -0.2) is 0 Å². The highest BCUT2D eigenvalue weighted by Gasteiger charge is 2.29. The van der Waals surface area contributed by atoms with Crippen molar-refractivity contribution in [1.82, 2.24) is 4.98 Å². The summed E-state index contributed by atoms with van der Waals surface area (Å²) in [5, 5.41) is 31.2. The minimum atomic E-state index is -1.44. The quantitative estimate of drug-likeness (QED) is 0.237. The van der Waals surface area contributed by atoms with Crippen LogP contribution < -0.4 is 0 Å². The van der Waals surface area contributed by atoms with Gasteiger partial charge in [0.25, 0.3) is 0 Å². The SMILES string of the molecule is Cc1ccc2c(C(C[N+](=O)[O-])c3ccc(CB(O)O)s3)c(-c3ccccc3)[nH]c2c1. The van der Waals surface area contributed by atoms with Crippen LogP contribution in [0, 0.1) is 17.0 Å². The fraction of sp³-hybridized carbons (Fsp3) is 0.182. The van der Waals surface area contributed by atoms with Crippen molar-refractivity contribution in [3.63, 3.8) is 0 Å². The zero-order chi connectivity index (χ0) is 21.3. The molecular formula is C22H21BN2O4S. The normalized spacial score (nSPS) is 12.2. The number of nitro groups is 1. The molecule has 4 aromatic rings. The number of benzene rings is 2. The second-order valence-corrected chi connectivity index (χ2v) is 8.59. The number of nitrogens with one attached hydrogen (secondary N) is 1. The van der Waals surface area contributed by atoms with Crippen LogP contribution in [0.15, 0.2) is 60.7 Å². The van der Waals surface area contributed by atoms with Gasteiger partial charge in [0.15, 0.2) is 0 Å². The summed E-state index contributed by atoms with van der Waals surface area (Å²) in [6.07, 6.45) is 0.106. The van der Waals surface area contributed by atoms with Crippen molar-refractivity contribution in [2.45, 2.75) is 19.2 Å². The summed E-state index contributed by atoms with van der Waals surface area (Å²) < 4.78 is 0. The lowest BCUT2D eigenvalue weighted by atomic mass is 9.86. The van der Waals surface area contributed by atoms with E-state index >= 15 is 0 Å². The van der Waals surface area contributed by atoms with Gasteiger partial charge in [-0.1, -0.05) is 42.5 Å². The monoisotopic (exact) mass is 420 g/mol. The fourth-order valence-corrected chi connectivity index (χ4v) is 5.01. The Kier molecular flexibility index (Phi) is 5.72. The number of aromatic nitrogens is 1. The van der Waals surface area contributed by atoms with Crippen molar-refractivity contribution in [2.75, 3.05) is 6.54 Å². The molecule has 3 N–H and O–H groups in total. The Morgan fingerprint density at radius 2 is 1.90 bits per heavy atom. The molecule has 8 heteroatoms. The number of H-pyrrole nitrogens is 1. The number of fused-ring (bicyclic) bond motifs is 1. The second kappa shape index (κ2) is 8.43. The van der Waals surface area contributed by atoms with Gasteiger partial charge >= 0.3 is 7.12 Å². The molecule has 0 amide bonds. The molecule has 0 saturated heterocycles. The summed E-state index contributed by atoms with van der Waals surface area (Å²) in [6.45, 7) is 1.77. The van der Waals surface area contributed by atoms with Gasteiger partial charge in [0.1, 0.15) is 0 Å². The van der Waals surface area contributed by atoms with Gasteiger partial charge in [0.2, 0.25) is 6.54 Å². The highest BCUT2D eigenvalue weighted by Crippen LogP contribution is 2.41. The molecule has 2 aromatic heterocycles. The molecule has 0 aliphatic carbocycles. The van der Waals surface area contributed by atoms with Gasteiger partial charge in [-0.05, 0) is 36.2 Å². The van der Waals surface area contributed by atoms with E-state index in [1.807, 2.05) is 61.5 Å². The first kappa shape index (κ1) is 20.3. The van der Waals surface area contributed by atoms with Gasteiger partial charge in [0, 0.05) is 37.5 Å². The van der Waals surface area contributed by atoms with Crippen LogP contribution in [-0.4, -0.2) is 33.6 Å². The first-order valence-electron chi connectivity index (χ1n) is 9.66. The Bertz CT molecular complexity index is 1190. The zero-order valence-electron chi connectivity index (χ0n) is 16.4. The van der Waals surface area contributed by atoms with Crippen LogP contribution in [0.1, 0.15) is 26.8 Å². The van der Waals surface area contributed by atoms with E-state index in [2.05, 4.69) is 11.1 Å². The van der Waals surface area contributed by atoms with Crippen LogP contribution in [0.4, 0.5) is 0 Å². The molecule has 4 rings (SSSR count). The third kappa shape index (κ3) is 4.16. The molecule has 2 heterocycles. The maximum absolute atomic E-state index is 11.6. The largest absolute Gasteiger partial charge is 0.456 e. The molecule has 0 spiro atoms. The number of aromatic amines is 1. The molecule has 1 atom stereocenters. The molecule has 152 valence electrons. The molecule has 6 nitrogen and oxygen atoms in total. The van der Waals surface area contributed by atoms with Crippen LogP contribution in [-0.2, 0) is 6.32 Å². The Morgan fingerprint density at radius 3 is 2.60 bits per heavy atom. The number of rotatable bonds is 7. The van der Waals surface area contributed by atoms with Gasteiger partial charge in [-0.2, -0.15) is 0 Å². The van der Waals surface area contributed by atoms with Crippen molar-refractivity contribution in [2.24, 2.45) is 0 Å². The first-order valence-corrected chi connectivity index (χ1v) is 10.5. The summed E-state index contributed by atoms with van der Waals surface area (Å²) in [4.78, 5) is 16.4. The van der Waals surface area contributed by atoms with E-state index in [4.69, 9.17) is 0 Å².